The van der Waals surface area contributed by atoms with Gasteiger partial charge in [-0.05, 0) is 44.8 Å². The van der Waals surface area contributed by atoms with Crippen LogP contribution in [-0.2, 0) is 9.53 Å². The minimum absolute atomic E-state index is 0.0855. The fourth-order valence-electron chi connectivity index (χ4n) is 3.30. The van der Waals surface area contributed by atoms with Crippen molar-refractivity contribution < 1.29 is 9.53 Å². The first-order valence-electron chi connectivity index (χ1n) is 8.47. The van der Waals surface area contributed by atoms with Crippen molar-refractivity contribution in [2.24, 2.45) is 0 Å². The van der Waals surface area contributed by atoms with Gasteiger partial charge in [-0.25, -0.2) is 0 Å². The average molecular weight is 388 g/mol. The summed E-state index contributed by atoms with van der Waals surface area (Å²) in [4.78, 5) is 19.3. The lowest BCUT2D eigenvalue weighted by Crippen LogP contribution is -2.54. The van der Waals surface area contributed by atoms with Crippen LogP contribution in [0.2, 0.25) is 10.0 Å². The molecular weight excluding hydrogens is 361 g/mol. The lowest BCUT2D eigenvalue weighted by molar-refractivity contribution is -0.138. The predicted molar refractivity (Wildman–Crippen MR) is 102 cm³/mol. The number of halogens is 2. The summed E-state index contributed by atoms with van der Waals surface area (Å²) < 4.78 is 5.23. The van der Waals surface area contributed by atoms with Crippen molar-refractivity contribution in [2.75, 3.05) is 54.0 Å². The molecule has 1 saturated heterocycles. The molecule has 1 aromatic carbocycles. The summed E-state index contributed by atoms with van der Waals surface area (Å²) in [6.45, 7) is 5.99. The fourth-order valence-corrected chi connectivity index (χ4v) is 3.84. The first-order valence-corrected chi connectivity index (χ1v) is 9.23. The molecule has 5 nitrogen and oxygen atoms in total. The lowest BCUT2D eigenvalue weighted by atomic mass is 10.0. The number of rotatable bonds is 6. The molecule has 0 radical (unpaired) electrons. The zero-order chi connectivity index (χ0) is 18.6. The van der Waals surface area contributed by atoms with Crippen molar-refractivity contribution >= 4 is 29.1 Å². The van der Waals surface area contributed by atoms with Gasteiger partial charge in [0.05, 0.1) is 6.61 Å². The molecule has 1 aliphatic heterocycles. The average Bonchev–Trinajstić information content (AvgIpc) is 2.54. The molecule has 0 spiro atoms. The summed E-state index contributed by atoms with van der Waals surface area (Å²) >= 11 is 12.3. The van der Waals surface area contributed by atoms with E-state index in [0.29, 0.717) is 35.8 Å². The van der Waals surface area contributed by atoms with E-state index in [0.717, 1.165) is 18.7 Å². The molecule has 2 rings (SSSR count). The number of amides is 1. The van der Waals surface area contributed by atoms with Gasteiger partial charge in [-0.3, -0.25) is 14.6 Å². The zero-order valence-corrected chi connectivity index (χ0v) is 16.8. The maximum Gasteiger partial charge on any atom is 0.244 e. The maximum absolute atomic E-state index is 13.1. The van der Waals surface area contributed by atoms with Gasteiger partial charge in [0.15, 0.2) is 0 Å². The Kier molecular flexibility index (Phi) is 7.52. The summed E-state index contributed by atoms with van der Waals surface area (Å²) in [6, 6.07) is 5.28. The van der Waals surface area contributed by atoms with Crippen LogP contribution < -0.4 is 0 Å². The van der Waals surface area contributed by atoms with E-state index < -0.39 is 0 Å². The number of ether oxygens (including phenoxy) is 1. The topological polar surface area (TPSA) is 36.0 Å². The number of methoxy groups -OCH3 is 1. The van der Waals surface area contributed by atoms with Crippen molar-refractivity contribution in [1.29, 1.82) is 0 Å². The quantitative estimate of drug-likeness (QED) is 0.751. The number of likely N-dealkylation sites (N-methyl/N-ethyl adjacent to an activating group) is 1. The number of carbonyl (C=O) groups is 1. The van der Waals surface area contributed by atoms with Crippen LogP contribution in [0.15, 0.2) is 18.2 Å². The molecule has 25 heavy (non-hydrogen) atoms. The van der Waals surface area contributed by atoms with Crippen LogP contribution in [-0.4, -0.2) is 80.6 Å². The predicted octanol–water partition coefficient (Wildman–Crippen LogP) is 2.78. The van der Waals surface area contributed by atoms with Crippen LogP contribution in [0.25, 0.3) is 0 Å². The van der Waals surface area contributed by atoms with Crippen molar-refractivity contribution in [2.45, 2.75) is 19.0 Å². The second-order valence-corrected chi connectivity index (χ2v) is 7.61. The molecule has 1 aliphatic rings. The van der Waals surface area contributed by atoms with E-state index in [1.54, 1.807) is 13.2 Å². The SMILES string of the molecule is COC[C@H](C)N1CCN(C(=O)[C@@H](c2cc(Cl)cc(Cl)c2)N(C)C)CC1. The Labute approximate surface area is 160 Å². The van der Waals surface area contributed by atoms with E-state index >= 15 is 0 Å². The summed E-state index contributed by atoms with van der Waals surface area (Å²) in [5, 5.41) is 1.08. The maximum atomic E-state index is 13.1. The van der Waals surface area contributed by atoms with E-state index in [2.05, 4.69) is 11.8 Å². The first kappa shape index (κ1) is 20.5. The van der Waals surface area contributed by atoms with Gasteiger partial charge in [0, 0.05) is 49.4 Å². The van der Waals surface area contributed by atoms with Crippen molar-refractivity contribution in [3.05, 3.63) is 33.8 Å². The molecule has 0 aliphatic carbocycles. The number of hydrogen-bond acceptors (Lipinski definition) is 4. The standard InChI is InChI=1S/C18H27Cl2N3O2/c1-13(12-25-4)22-5-7-23(8-6-22)18(24)17(21(2)3)14-9-15(19)11-16(20)10-14/h9-11,13,17H,5-8,12H2,1-4H3/t13-,17+/m0/s1. The van der Waals surface area contributed by atoms with Gasteiger partial charge in [0.1, 0.15) is 6.04 Å². The molecule has 140 valence electrons. The van der Waals surface area contributed by atoms with E-state index in [1.165, 1.54) is 0 Å². The number of hydrogen-bond donors (Lipinski definition) is 0. The molecule has 2 atom stereocenters. The molecule has 0 aromatic heterocycles. The second kappa shape index (κ2) is 9.19. The van der Waals surface area contributed by atoms with Crippen molar-refractivity contribution in [3.8, 4) is 0 Å². The highest BCUT2D eigenvalue weighted by Crippen LogP contribution is 2.28. The van der Waals surface area contributed by atoms with Gasteiger partial charge in [0.2, 0.25) is 5.91 Å². The number of benzene rings is 1. The molecule has 1 aromatic rings. The molecule has 1 amide bonds. The Bertz CT molecular complexity index is 569. The Morgan fingerprint density at radius 1 is 1.16 bits per heavy atom. The van der Waals surface area contributed by atoms with E-state index in [-0.39, 0.29) is 11.9 Å². The highest BCUT2D eigenvalue weighted by molar-refractivity contribution is 6.34. The molecular formula is C18H27Cl2N3O2. The smallest absolute Gasteiger partial charge is 0.244 e. The summed E-state index contributed by atoms with van der Waals surface area (Å²) in [7, 11) is 5.51. The lowest BCUT2D eigenvalue weighted by Gasteiger charge is -2.40. The first-order chi connectivity index (χ1) is 11.8. The summed E-state index contributed by atoms with van der Waals surface area (Å²) in [5.41, 5.74) is 0.822. The van der Waals surface area contributed by atoms with Crippen LogP contribution in [0.1, 0.15) is 18.5 Å². The highest BCUT2D eigenvalue weighted by atomic mass is 35.5. The third-order valence-electron chi connectivity index (χ3n) is 4.61. The molecule has 0 unspecified atom stereocenters. The number of piperazine rings is 1. The monoisotopic (exact) mass is 387 g/mol. The van der Waals surface area contributed by atoms with Gasteiger partial charge < -0.3 is 9.64 Å². The van der Waals surface area contributed by atoms with Gasteiger partial charge in [-0.1, -0.05) is 23.2 Å². The largest absolute Gasteiger partial charge is 0.383 e. The minimum atomic E-state index is -0.390. The van der Waals surface area contributed by atoms with E-state index in [9.17, 15) is 4.79 Å². The molecule has 1 heterocycles. The highest BCUT2D eigenvalue weighted by Gasteiger charge is 2.31. The normalized spacial score (nSPS) is 18.4. The zero-order valence-electron chi connectivity index (χ0n) is 15.3. The number of carbonyl (C=O) groups excluding carboxylic acids is 1. The van der Waals surface area contributed by atoms with Gasteiger partial charge in [0.25, 0.3) is 0 Å². The van der Waals surface area contributed by atoms with E-state index in [4.69, 9.17) is 27.9 Å². The van der Waals surface area contributed by atoms with Crippen LogP contribution >= 0.6 is 23.2 Å². The van der Waals surface area contributed by atoms with E-state index in [1.807, 2.05) is 36.0 Å². The van der Waals surface area contributed by atoms with Crippen molar-refractivity contribution in [3.63, 3.8) is 0 Å². The second-order valence-electron chi connectivity index (χ2n) is 6.73. The van der Waals surface area contributed by atoms with Gasteiger partial charge in [-0.2, -0.15) is 0 Å². The Balaban J connectivity index is 2.09. The van der Waals surface area contributed by atoms with Crippen LogP contribution in [0, 0.1) is 0 Å². The molecule has 0 saturated carbocycles. The Morgan fingerprint density at radius 3 is 2.20 bits per heavy atom. The fraction of sp³-hybridized carbons (Fsp3) is 0.611. The van der Waals surface area contributed by atoms with Crippen LogP contribution in [0.3, 0.4) is 0 Å². The molecule has 1 fully saturated rings. The Morgan fingerprint density at radius 2 is 1.72 bits per heavy atom. The summed E-state index contributed by atoms with van der Waals surface area (Å²) in [6.07, 6.45) is 0. The van der Waals surface area contributed by atoms with Gasteiger partial charge >= 0.3 is 0 Å². The molecule has 0 bridgehead atoms. The number of nitrogens with zero attached hydrogens (tertiary/aromatic N) is 3. The molecule has 0 N–H and O–H groups in total. The van der Waals surface area contributed by atoms with Crippen LogP contribution in [0.5, 0.6) is 0 Å². The van der Waals surface area contributed by atoms with Gasteiger partial charge in [-0.15, -0.1) is 0 Å². The molecule has 7 heteroatoms. The van der Waals surface area contributed by atoms with Crippen molar-refractivity contribution in [1.82, 2.24) is 14.7 Å². The summed E-state index contributed by atoms with van der Waals surface area (Å²) in [5.74, 6) is 0.0855. The van der Waals surface area contributed by atoms with Crippen LogP contribution in [0.4, 0.5) is 0 Å². The third-order valence-corrected chi connectivity index (χ3v) is 5.04. The third kappa shape index (κ3) is 5.31. The Hall–Kier alpha value is -0.850. The minimum Gasteiger partial charge on any atom is -0.383 e.